The minimum Gasteiger partial charge on any atom is -0.464 e. The Labute approximate surface area is 99.7 Å². The lowest BCUT2D eigenvalue weighted by molar-refractivity contribution is 0.201. The number of rotatable bonds is 2. The Kier molecular flexibility index (Phi) is 3.42. The number of amides is 1. The van der Waals surface area contributed by atoms with Gasteiger partial charge in [0.15, 0.2) is 5.03 Å². The molecule has 17 heavy (non-hydrogen) atoms. The average Bonchev–Trinajstić information content (AvgIpc) is 2.14. The van der Waals surface area contributed by atoms with Gasteiger partial charge in [-0.15, -0.1) is 0 Å². The van der Waals surface area contributed by atoms with Crippen LogP contribution in [0, 0.1) is 0 Å². The van der Waals surface area contributed by atoms with Crippen LogP contribution < -0.4 is 4.72 Å². The van der Waals surface area contributed by atoms with Crippen molar-refractivity contribution < 1.29 is 18.3 Å². The van der Waals surface area contributed by atoms with Crippen molar-refractivity contribution in [2.75, 3.05) is 0 Å². The molecule has 0 aliphatic heterocycles. The van der Waals surface area contributed by atoms with Crippen molar-refractivity contribution in [3.8, 4) is 0 Å². The molecule has 2 N–H and O–H groups in total. The first-order valence-corrected chi connectivity index (χ1v) is 6.33. The highest BCUT2D eigenvalue weighted by molar-refractivity contribution is 7.90. The van der Waals surface area contributed by atoms with Crippen molar-refractivity contribution in [3.63, 3.8) is 0 Å². The molecule has 0 saturated heterocycles. The van der Waals surface area contributed by atoms with Crippen LogP contribution in [0.4, 0.5) is 4.79 Å². The Morgan fingerprint density at radius 2 is 1.94 bits per heavy atom. The summed E-state index contributed by atoms with van der Waals surface area (Å²) in [6.07, 6.45) is -0.206. The highest BCUT2D eigenvalue weighted by Crippen LogP contribution is 2.21. The molecule has 6 nitrogen and oxygen atoms in total. The predicted octanol–water partition coefficient (Wildman–Crippen LogP) is 1.34. The van der Waals surface area contributed by atoms with E-state index in [2.05, 4.69) is 4.98 Å². The molecule has 0 bridgehead atoms. The molecule has 0 aliphatic carbocycles. The van der Waals surface area contributed by atoms with E-state index in [0.29, 0.717) is 0 Å². The molecule has 0 unspecified atom stereocenters. The van der Waals surface area contributed by atoms with Crippen LogP contribution in [0.3, 0.4) is 0 Å². The lowest BCUT2D eigenvalue weighted by Gasteiger charge is -2.18. The molecule has 1 heterocycles. The van der Waals surface area contributed by atoms with E-state index >= 15 is 0 Å². The quantitative estimate of drug-likeness (QED) is 0.834. The van der Waals surface area contributed by atoms with E-state index in [1.165, 1.54) is 17.0 Å². The molecule has 7 heteroatoms. The average molecular weight is 258 g/mol. The molecule has 0 aliphatic rings. The van der Waals surface area contributed by atoms with Crippen molar-refractivity contribution in [1.29, 1.82) is 0 Å². The van der Waals surface area contributed by atoms with Crippen LogP contribution in [0.1, 0.15) is 26.3 Å². The molecule has 94 valence electrons. The number of nitrogens with zero attached hydrogens (tertiary/aromatic N) is 1. The van der Waals surface area contributed by atoms with Crippen molar-refractivity contribution in [1.82, 2.24) is 9.71 Å². The second kappa shape index (κ2) is 4.33. The standard InChI is InChI=1S/C10H14N2O4S/c1-10(2,3)7-4-5-8(11-6-7)17(15,16)12-9(13)14/h4-6,12H,1-3H3,(H,13,14). The lowest BCUT2D eigenvalue weighted by Crippen LogP contribution is -2.29. The maximum Gasteiger partial charge on any atom is 0.418 e. The summed E-state index contributed by atoms with van der Waals surface area (Å²) >= 11 is 0. The van der Waals surface area contributed by atoms with Gasteiger partial charge < -0.3 is 5.11 Å². The normalized spacial score (nSPS) is 12.2. The van der Waals surface area contributed by atoms with Gasteiger partial charge in [-0.3, -0.25) is 0 Å². The number of hydrogen-bond acceptors (Lipinski definition) is 4. The van der Waals surface area contributed by atoms with E-state index in [9.17, 15) is 13.2 Å². The van der Waals surface area contributed by atoms with Gasteiger partial charge >= 0.3 is 6.09 Å². The minimum atomic E-state index is -4.08. The zero-order valence-corrected chi connectivity index (χ0v) is 10.6. The summed E-state index contributed by atoms with van der Waals surface area (Å²) in [5.74, 6) is 0. The van der Waals surface area contributed by atoms with E-state index in [1.54, 1.807) is 6.07 Å². The third-order valence-corrected chi connectivity index (χ3v) is 3.33. The maximum atomic E-state index is 11.4. The molecule has 1 rings (SSSR count). The first kappa shape index (κ1) is 13.4. The molecule has 0 fully saturated rings. The van der Waals surface area contributed by atoms with Crippen LogP contribution in [-0.2, 0) is 15.4 Å². The number of nitrogens with one attached hydrogen (secondary N) is 1. The molecule has 1 aromatic heterocycles. The van der Waals surface area contributed by atoms with Crippen LogP contribution in [0.15, 0.2) is 23.4 Å². The molecule has 1 amide bonds. The van der Waals surface area contributed by atoms with Gasteiger partial charge in [-0.25, -0.2) is 14.5 Å². The predicted molar refractivity (Wildman–Crippen MR) is 61.3 cm³/mol. The van der Waals surface area contributed by atoms with Gasteiger partial charge in [-0.05, 0) is 17.0 Å². The Morgan fingerprint density at radius 1 is 1.35 bits per heavy atom. The number of carbonyl (C=O) groups is 1. The van der Waals surface area contributed by atoms with Gasteiger partial charge in [0, 0.05) is 6.20 Å². The topological polar surface area (TPSA) is 96.4 Å². The summed E-state index contributed by atoms with van der Waals surface area (Å²) in [7, 11) is -4.08. The number of pyridine rings is 1. The molecule has 1 aromatic rings. The second-order valence-corrected chi connectivity index (χ2v) is 6.18. The van der Waals surface area contributed by atoms with Gasteiger partial charge in [0.2, 0.25) is 0 Å². The third kappa shape index (κ3) is 3.42. The summed E-state index contributed by atoms with van der Waals surface area (Å²) in [5.41, 5.74) is 0.724. The van der Waals surface area contributed by atoms with E-state index in [-0.39, 0.29) is 10.4 Å². The maximum absolute atomic E-state index is 11.4. The largest absolute Gasteiger partial charge is 0.464 e. The first-order valence-electron chi connectivity index (χ1n) is 4.85. The summed E-state index contributed by atoms with van der Waals surface area (Å²) in [6.45, 7) is 5.90. The Morgan fingerprint density at radius 3 is 2.29 bits per heavy atom. The Hall–Kier alpha value is -1.63. The fraction of sp³-hybridized carbons (Fsp3) is 0.400. The summed E-state index contributed by atoms with van der Waals surface area (Å²) in [6, 6.07) is 2.90. The Bertz CT molecular complexity index is 514. The molecule has 0 spiro atoms. The molecule has 0 aromatic carbocycles. The molecular formula is C10H14N2O4S. The third-order valence-electron chi connectivity index (χ3n) is 2.10. The smallest absolute Gasteiger partial charge is 0.418 e. The summed E-state index contributed by atoms with van der Waals surface area (Å²) in [4.78, 5) is 14.1. The zero-order chi connectivity index (χ0) is 13.3. The number of aromatic nitrogens is 1. The minimum absolute atomic E-state index is 0.143. The fourth-order valence-electron chi connectivity index (χ4n) is 1.15. The molecule has 0 radical (unpaired) electrons. The van der Waals surface area contributed by atoms with Gasteiger partial charge in [0.05, 0.1) is 0 Å². The SMILES string of the molecule is CC(C)(C)c1ccc(S(=O)(=O)NC(=O)O)nc1. The van der Waals surface area contributed by atoms with Gasteiger partial charge in [0.1, 0.15) is 0 Å². The van der Waals surface area contributed by atoms with Crippen molar-refractivity contribution in [3.05, 3.63) is 23.9 Å². The molecule has 0 saturated carbocycles. The van der Waals surface area contributed by atoms with Crippen molar-refractivity contribution >= 4 is 16.1 Å². The number of carboxylic acid groups (broad SMARTS) is 1. The lowest BCUT2D eigenvalue weighted by atomic mass is 9.88. The van der Waals surface area contributed by atoms with Crippen LogP contribution in [0.2, 0.25) is 0 Å². The van der Waals surface area contributed by atoms with E-state index in [4.69, 9.17) is 5.11 Å². The Balaban J connectivity index is 3.08. The van der Waals surface area contributed by atoms with Crippen LogP contribution >= 0.6 is 0 Å². The first-order chi connectivity index (χ1) is 7.63. The van der Waals surface area contributed by atoms with Gasteiger partial charge in [-0.1, -0.05) is 26.8 Å². The van der Waals surface area contributed by atoms with Crippen molar-refractivity contribution in [2.24, 2.45) is 0 Å². The van der Waals surface area contributed by atoms with Crippen LogP contribution in [0.5, 0.6) is 0 Å². The number of hydrogen-bond donors (Lipinski definition) is 2. The van der Waals surface area contributed by atoms with Crippen LogP contribution in [0.25, 0.3) is 0 Å². The molecule has 0 atom stereocenters. The van der Waals surface area contributed by atoms with Crippen molar-refractivity contribution in [2.45, 2.75) is 31.2 Å². The monoisotopic (exact) mass is 258 g/mol. The summed E-state index contributed by atoms with van der Waals surface area (Å²) < 4.78 is 24.3. The zero-order valence-electron chi connectivity index (χ0n) is 9.76. The van der Waals surface area contributed by atoms with Gasteiger partial charge in [-0.2, -0.15) is 8.42 Å². The van der Waals surface area contributed by atoms with E-state index in [0.717, 1.165) is 5.56 Å². The highest BCUT2D eigenvalue weighted by atomic mass is 32.2. The molecular weight excluding hydrogens is 244 g/mol. The van der Waals surface area contributed by atoms with E-state index < -0.39 is 16.1 Å². The second-order valence-electron chi connectivity index (χ2n) is 4.55. The summed E-state index contributed by atoms with van der Waals surface area (Å²) in [5, 5.41) is 8.06. The number of sulfonamides is 1. The highest BCUT2D eigenvalue weighted by Gasteiger charge is 2.20. The van der Waals surface area contributed by atoms with Crippen LogP contribution in [-0.4, -0.2) is 24.6 Å². The van der Waals surface area contributed by atoms with E-state index in [1.807, 2.05) is 20.8 Å². The van der Waals surface area contributed by atoms with Gasteiger partial charge in [0.25, 0.3) is 10.0 Å². The fourth-order valence-corrected chi connectivity index (χ4v) is 1.92.